The number of hydrogen-bond donors (Lipinski definition) is 0. The molecule has 5 heteroatoms. The second kappa shape index (κ2) is 5.48. The molecule has 2 rings (SSSR count). The first kappa shape index (κ1) is 13.7. The fraction of sp³-hybridized carbons (Fsp3) is 0.286. The second-order valence-electron chi connectivity index (χ2n) is 4.42. The molecule has 0 aliphatic rings. The third kappa shape index (κ3) is 2.81. The lowest BCUT2D eigenvalue weighted by Crippen LogP contribution is -2.04. The molecule has 0 N–H and O–H groups in total. The highest BCUT2D eigenvalue weighted by Gasteiger charge is 2.14. The van der Waals surface area contributed by atoms with E-state index >= 15 is 0 Å². The molecule has 1 aromatic heterocycles. The van der Waals surface area contributed by atoms with Gasteiger partial charge in [0, 0.05) is 10.9 Å². The Morgan fingerprint density at radius 2 is 2.16 bits per heavy atom. The number of methoxy groups -OCH3 is 1. The molecule has 0 saturated heterocycles. The highest BCUT2D eigenvalue weighted by atomic mass is 32.1. The van der Waals surface area contributed by atoms with Crippen LogP contribution in [0.25, 0.3) is 10.6 Å². The van der Waals surface area contributed by atoms with Crippen molar-refractivity contribution in [1.29, 1.82) is 0 Å². The van der Waals surface area contributed by atoms with Gasteiger partial charge in [-0.1, -0.05) is 19.9 Å². The number of carbonyl (C=O) groups excluding carboxylic acids is 1. The lowest BCUT2D eigenvalue weighted by molar-refractivity contribution is 0.0595. The minimum Gasteiger partial charge on any atom is -0.465 e. The molecule has 0 atom stereocenters. The Balaban J connectivity index is 2.35. The Hall–Kier alpha value is -1.75. The monoisotopic (exact) mass is 279 g/mol. The third-order valence-corrected chi connectivity index (χ3v) is 3.64. The van der Waals surface area contributed by atoms with Crippen LogP contribution in [0.4, 0.5) is 4.39 Å². The molecule has 19 heavy (non-hydrogen) atoms. The summed E-state index contributed by atoms with van der Waals surface area (Å²) < 4.78 is 18.3. The van der Waals surface area contributed by atoms with E-state index in [0.29, 0.717) is 11.5 Å². The highest BCUT2D eigenvalue weighted by molar-refractivity contribution is 7.13. The molecule has 1 aromatic carbocycles. The summed E-state index contributed by atoms with van der Waals surface area (Å²) in [7, 11) is 1.23. The van der Waals surface area contributed by atoms with Crippen molar-refractivity contribution in [3.8, 4) is 10.6 Å². The van der Waals surface area contributed by atoms with E-state index in [0.717, 1.165) is 10.7 Å². The van der Waals surface area contributed by atoms with Crippen LogP contribution < -0.4 is 0 Å². The zero-order valence-electron chi connectivity index (χ0n) is 10.9. The molecule has 3 nitrogen and oxygen atoms in total. The molecule has 0 amide bonds. The average Bonchev–Trinajstić information content (AvgIpc) is 2.87. The Kier molecular flexibility index (Phi) is 3.95. The molecule has 0 spiro atoms. The number of ether oxygens (including phenoxy) is 1. The van der Waals surface area contributed by atoms with Crippen molar-refractivity contribution in [3.05, 3.63) is 40.7 Å². The number of nitrogens with zero attached hydrogens (tertiary/aromatic N) is 1. The summed E-state index contributed by atoms with van der Waals surface area (Å²) in [6, 6.07) is 4.42. The van der Waals surface area contributed by atoms with Gasteiger partial charge in [-0.05, 0) is 18.1 Å². The zero-order chi connectivity index (χ0) is 14.0. The number of benzene rings is 1. The van der Waals surface area contributed by atoms with Crippen LogP contribution in [0.1, 0.15) is 35.8 Å². The largest absolute Gasteiger partial charge is 0.465 e. The minimum absolute atomic E-state index is 0.0631. The molecule has 1 heterocycles. The number of hydrogen-bond acceptors (Lipinski definition) is 4. The number of aromatic nitrogens is 1. The van der Waals surface area contributed by atoms with Gasteiger partial charge >= 0.3 is 5.97 Å². The van der Waals surface area contributed by atoms with E-state index in [4.69, 9.17) is 0 Å². The van der Waals surface area contributed by atoms with Gasteiger partial charge in [-0.3, -0.25) is 0 Å². The van der Waals surface area contributed by atoms with Crippen molar-refractivity contribution < 1.29 is 13.9 Å². The lowest BCUT2D eigenvalue weighted by Gasteiger charge is -2.03. The standard InChI is InChI=1S/C14H14FNO2S/c1-8(2)12-7-19-13(16-12)9-4-5-10(11(15)6-9)14(17)18-3/h4-8H,1-3H3. The summed E-state index contributed by atoms with van der Waals surface area (Å²) in [6.45, 7) is 4.11. The number of halogens is 1. The predicted octanol–water partition coefficient (Wildman–Crippen LogP) is 3.86. The molecule has 0 radical (unpaired) electrons. The minimum atomic E-state index is -0.675. The van der Waals surface area contributed by atoms with Crippen LogP contribution in [-0.2, 0) is 4.74 Å². The topological polar surface area (TPSA) is 39.2 Å². The van der Waals surface area contributed by atoms with Gasteiger partial charge in [0.05, 0.1) is 18.4 Å². The Morgan fingerprint density at radius 1 is 1.42 bits per heavy atom. The summed E-state index contributed by atoms with van der Waals surface area (Å²) in [6.07, 6.45) is 0. The normalized spacial score (nSPS) is 10.8. The van der Waals surface area contributed by atoms with E-state index < -0.39 is 11.8 Å². The molecule has 2 aromatic rings. The SMILES string of the molecule is COC(=O)c1ccc(-c2nc(C(C)C)cs2)cc1F. The fourth-order valence-corrected chi connectivity index (χ4v) is 2.59. The predicted molar refractivity (Wildman–Crippen MR) is 72.9 cm³/mol. The van der Waals surface area contributed by atoms with Crippen molar-refractivity contribution >= 4 is 17.3 Å². The molecule has 0 saturated carbocycles. The number of rotatable bonds is 3. The van der Waals surface area contributed by atoms with Gasteiger partial charge in [-0.25, -0.2) is 14.2 Å². The first-order valence-electron chi connectivity index (χ1n) is 5.86. The van der Waals surface area contributed by atoms with E-state index in [2.05, 4.69) is 23.6 Å². The van der Waals surface area contributed by atoms with Gasteiger partial charge in [0.2, 0.25) is 0 Å². The van der Waals surface area contributed by atoms with Crippen molar-refractivity contribution in [2.24, 2.45) is 0 Å². The van der Waals surface area contributed by atoms with Crippen LogP contribution in [-0.4, -0.2) is 18.1 Å². The molecule has 0 aliphatic carbocycles. The van der Waals surface area contributed by atoms with E-state index in [1.165, 1.54) is 30.6 Å². The van der Waals surface area contributed by atoms with Crippen LogP contribution in [0.3, 0.4) is 0 Å². The number of esters is 1. The van der Waals surface area contributed by atoms with Crippen molar-refractivity contribution in [3.63, 3.8) is 0 Å². The van der Waals surface area contributed by atoms with Gasteiger partial charge < -0.3 is 4.74 Å². The molecular formula is C14H14FNO2S. The second-order valence-corrected chi connectivity index (χ2v) is 5.28. The molecule has 100 valence electrons. The zero-order valence-corrected chi connectivity index (χ0v) is 11.8. The van der Waals surface area contributed by atoms with Crippen molar-refractivity contribution in [1.82, 2.24) is 4.98 Å². The van der Waals surface area contributed by atoms with Gasteiger partial charge in [-0.15, -0.1) is 11.3 Å². The first-order chi connectivity index (χ1) is 9.02. The van der Waals surface area contributed by atoms with Crippen LogP contribution in [0.5, 0.6) is 0 Å². The van der Waals surface area contributed by atoms with Gasteiger partial charge in [0.25, 0.3) is 0 Å². The first-order valence-corrected chi connectivity index (χ1v) is 6.74. The van der Waals surface area contributed by atoms with Crippen LogP contribution in [0.2, 0.25) is 0 Å². The quantitative estimate of drug-likeness (QED) is 0.801. The molecule has 0 bridgehead atoms. The van der Waals surface area contributed by atoms with E-state index in [1.807, 2.05) is 5.38 Å². The van der Waals surface area contributed by atoms with Crippen LogP contribution in [0.15, 0.2) is 23.6 Å². The molecule has 0 unspecified atom stereocenters. The van der Waals surface area contributed by atoms with Gasteiger partial charge in [0.1, 0.15) is 10.8 Å². The Bertz CT molecular complexity index is 607. The number of carbonyl (C=O) groups is 1. The number of thiazole rings is 1. The van der Waals surface area contributed by atoms with E-state index in [9.17, 15) is 9.18 Å². The van der Waals surface area contributed by atoms with Gasteiger partial charge in [-0.2, -0.15) is 0 Å². The smallest absolute Gasteiger partial charge is 0.340 e. The third-order valence-electron chi connectivity index (χ3n) is 2.73. The molecule has 0 fully saturated rings. The van der Waals surface area contributed by atoms with Crippen molar-refractivity contribution in [2.45, 2.75) is 19.8 Å². The molecule has 0 aliphatic heterocycles. The summed E-state index contributed by atoms with van der Waals surface area (Å²) in [4.78, 5) is 15.8. The fourth-order valence-electron chi connectivity index (χ4n) is 1.61. The molecular weight excluding hydrogens is 265 g/mol. The highest BCUT2D eigenvalue weighted by Crippen LogP contribution is 2.28. The maximum Gasteiger partial charge on any atom is 0.340 e. The maximum atomic E-state index is 13.8. The van der Waals surface area contributed by atoms with Crippen LogP contribution in [0, 0.1) is 5.82 Å². The van der Waals surface area contributed by atoms with Crippen LogP contribution >= 0.6 is 11.3 Å². The van der Waals surface area contributed by atoms with E-state index in [-0.39, 0.29) is 5.56 Å². The van der Waals surface area contributed by atoms with E-state index in [1.54, 1.807) is 6.07 Å². The maximum absolute atomic E-state index is 13.8. The van der Waals surface area contributed by atoms with Gasteiger partial charge in [0.15, 0.2) is 0 Å². The van der Waals surface area contributed by atoms with Crippen molar-refractivity contribution in [2.75, 3.05) is 7.11 Å². The average molecular weight is 279 g/mol. The summed E-state index contributed by atoms with van der Waals surface area (Å²) in [5, 5.41) is 2.71. The summed E-state index contributed by atoms with van der Waals surface area (Å²) in [5.74, 6) is -0.930. The summed E-state index contributed by atoms with van der Waals surface area (Å²) >= 11 is 1.47. The Morgan fingerprint density at radius 3 is 2.68 bits per heavy atom. The lowest BCUT2D eigenvalue weighted by atomic mass is 10.1. The Labute approximate surface area is 115 Å². The summed E-state index contributed by atoms with van der Waals surface area (Å²) in [5.41, 5.74) is 1.59.